The number of carbonyl (C=O) groups is 1. The highest BCUT2D eigenvalue weighted by atomic mass is 79.9. The monoisotopic (exact) mass is 319 g/mol. The van der Waals surface area contributed by atoms with Gasteiger partial charge in [-0.2, -0.15) is 0 Å². The highest BCUT2D eigenvalue weighted by Crippen LogP contribution is 2.28. The summed E-state index contributed by atoms with van der Waals surface area (Å²) in [5.41, 5.74) is 2.23. The van der Waals surface area contributed by atoms with Gasteiger partial charge in [0.2, 0.25) is 0 Å². The molecule has 0 spiro atoms. The highest BCUT2D eigenvalue weighted by Gasteiger charge is 2.09. The van der Waals surface area contributed by atoms with Crippen molar-refractivity contribution in [3.63, 3.8) is 0 Å². The first-order valence-electron chi connectivity index (χ1n) is 5.19. The average molecular weight is 321 g/mol. The number of ether oxygens (including phenoxy) is 1. The maximum atomic E-state index is 11.0. The maximum absolute atomic E-state index is 11.0. The third-order valence-electron chi connectivity index (χ3n) is 2.63. The molecular formula is C12H15BrClNO2. The number of hydrogen-bond donors (Lipinski definition) is 0. The molecule has 0 bridgehead atoms. The zero-order chi connectivity index (χ0) is 13.0. The number of hydrogen-bond acceptors (Lipinski definition) is 2. The van der Waals surface area contributed by atoms with Crippen LogP contribution in [-0.2, 0) is 6.42 Å². The van der Waals surface area contributed by atoms with Crippen LogP contribution in [0.3, 0.4) is 0 Å². The first kappa shape index (κ1) is 14.3. The molecular weight excluding hydrogens is 305 g/mol. The van der Waals surface area contributed by atoms with Gasteiger partial charge in [-0.15, -0.1) is 0 Å². The van der Waals surface area contributed by atoms with Crippen LogP contribution >= 0.6 is 27.5 Å². The minimum Gasteiger partial charge on any atom is -0.495 e. The number of likely N-dealkylation sites (N-methyl/N-ethyl adjacent to an activating group) is 1. The Morgan fingerprint density at radius 1 is 1.53 bits per heavy atom. The topological polar surface area (TPSA) is 29.5 Å². The van der Waals surface area contributed by atoms with Crippen molar-refractivity contribution in [3.05, 3.63) is 28.3 Å². The molecule has 0 N–H and O–H groups in total. The molecule has 0 saturated carbocycles. The van der Waals surface area contributed by atoms with Gasteiger partial charge in [-0.25, -0.2) is 0 Å². The van der Waals surface area contributed by atoms with E-state index in [1.165, 1.54) is 0 Å². The molecule has 0 atom stereocenters. The quantitative estimate of drug-likeness (QED) is 0.626. The Morgan fingerprint density at radius 3 is 2.71 bits per heavy atom. The average Bonchev–Trinajstić information content (AvgIpc) is 2.29. The first-order chi connectivity index (χ1) is 7.95. The third kappa shape index (κ3) is 3.89. The maximum Gasteiger partial charge on any atom is 0.289 e. The van der Waals surface area contributed by atoms with Crippen molar-refractivity contribution in [3.8, 4) is 5.75 Å². The molecule has 0 unspecified atom stereocenters. The summed E-state index contributed by atoms with van der Waals surface area (Å²) >= 11 is 8.97. The lowest BCUT2D eigenvalue weighted by Gasteiger charge is -2.15. The fourth-order valence-corrected chi connectivity index (χ4v) is 1.94. The normalized spacial score (nSPS) is 10.2. The molecule has 0 radical (unpaired) electrons. The van der Waals surface area contributed by atoms with Gasteiger partial charge in [-0.1, -0.05) is 11.6 Å². The second kappa shape index (κ2) is 6.26. The van der Waals surface area contributed by atoms with E-state index in [1.54, 1.807) is 19.1 Å². The van der Waals surface area contributed by atoms with Crippen molar-refractivity contribution < 1.29 is 9.53 Å². The fourth-order valence-electron chi connectivity index (χ4n) is 1.50. The Hall–Kier alpha value is -0.740. The molecule has 0 aliphatic heterocycles. The van der Waals surface area contributed by atoms with Crippen molar-refractivity contribution in [1.82, 2.24) is 4.90 Å². The summed E-state index contributed by atoms with van der Waals surface area (Å²) in [6.07, 6.45) is 0.767. The number of carbonyl (C=O) groups excluding carboxylic acids is 1. The SMILES string of the molecule is COc1cc(C)c(CCN(C)C(=O)Br)cc1Cl. The lowest BCUT2D eigenvalue weighted by molar-refractivity contribution is 0.235. The molecule has 1 aromatic carbocycles. The van der Waals surface area contributed by atoms with Crippen LogP contribution in [-0.4, -0.2) is 30.4 Å². The smallest absolute Gasteiger partial charge is 0.289 e. The van der Waals surface area contributed by atoms with Crippen LogP contribution in [0.15, 0.2) is 12.1 Å². The molecule has 0 aromatic heterocycles. The Morgan fingerprint density at radius 2 is 2.18 bits per heavy atom. The van der Waals surface area contributed by atoms with Gasteiger partial charge in [-0.3, -0.25) is 4.79 Å². The van der Waals surface area contributed by atoms with Gasteiger partial charge in [0.1, 0.15) is 5.75 Å². The number of halogens is 2. The standard InChI is InChI=1S/C12H15BrClNO2/c1-8-6-11(17-3)10(14)7-9(8)4-5-15(2)12(13)16/h6-7H,4-5H2,1-3H3. The summed E-state index contributed by atoms with van der Waals surface area (Å²) in [5.74, 6) is 0.679. The number of amides is 1. The van der Waals surface area contributed by atoms with Gasteiger partial charge < -0.3 is 9.64 Å². The van der Waals surface area contributed by atoms with Crippen molar-refractivity contribution in [2.75, 3.05) is 20.7 Å². The zero-order valence-corrected chi connectivity index (χ0v) is 12.4. The van der Waals surface area contributed by atoms with Crippen molar-refractivity contribution in [2.24, 2.45) is 0 Å². The molecule has 94 valence electrons. The molecule has 0 fully saturated rings. The number of aryl methyl sites for hydroxylation is 1. The van der Waals surface area contributed by atoms with Crippen LogP contribution in [0.1, 0.15) is 11.1 Å². The van der Waals surface area contributed by atoms with Gasteiger partial charge in [-0.05, 0) is 36.6 Å². The minimum atomic E-state index is -0.116. The Bertz CT molecular complexity index is 423. The van der Waals surface area contributed by atoms with E-state index in [0.29, 0.717) is 17.3 Å². The summed E-state index contributed by atoms with van der Waals surface area (Å²) in [5, 5.41) is 0.598. The Labute approximate surface area is 115 Å². The molecule has 3 nitrogen and oxygen atoms in total. The van der Waals surface area contributed by atoms with E-state index in [9.17, 15) is 4.79 Å². The number of benzene rings is 1. The van der Waals surface area contributed by atoms with E-state index >= 15 is 0 Å². The lowest BCUT2D eigenvalue weighted by Crippen LogP contribution is -2.23. The molecule has 5 heteroatoms. The molecule has 1 aromatic rings. The predicted molar refractivity (Wildman–Crippen MR) is 73.4 cm³/mol. The molecule has 1 rings (SSSR count). The zero-order valence-electron chi connectivity index (χ0n) is 10.1. The van der Waals surface area contributed by atoms with E-state index in [0.717, 1.165) is 17.5 Å². The summed E-state index contributed by atoms with van der Waals surface area (Å²) < 4.78 is 5.14. The van der Waals surface area contributed by atoms with Crippen LogP contribution in [0.5, 0.6) is 5.75 Å². The van der Waals surface area contributed by atoms with E-state index in [2.05, 4.69) is 15.9 Å². The van der Waals surface area contributed by atoms with E-state index < -0.39 is 0 Å². The van der Waals surface area contributed by atoms with Gasteiger partial charge in [0.05, 0.1) is 12.1 Å². The first-order valence-corrected chi connectivity index (χ1v) is 6.36. The second-order valence-electron chi connectivity index (χ2n) is 3.84. The fraction of sp³-hybridized carbons (Fsp3) is 0.417. The summed E-state index contributed by atoms with van der Waals surface area (Å²) in [6.45, 7) is 2.65. The number of methoxy groups -OCH3 is 1. The van der Waals surface area contributed by atoms with Crippen molar-refractivity contribution in [2.45, 2.75) is 13.3 Å². The van der Waals surface area contributed by atoms with Gasteiger partial charge in [0, 0.05) is 29.5 Å². The molecule has 1 amide bonds. The third-order valence-corrected chi connectivity index (χ3v) is 3.53. The van der Waals surface area contributed by atoms with Gasteiger partial charge in [0.15, 0.2) is 0 Å². The van der Waals surface area contributed by atoms with Gasteiger partial charge >= 0.3 is 0 Å². The predicted octanol–water partition coefficient (Wildman–Crippen LogP) is 3.65. The Kier molecular flexibility index (Phi) is 5.28. The molecule has 0 saturated heterocycles. The lowest BCUT2D eigenvalue weighted by atomic mass is 10.1. The minimum absolute atomic E-state index is 0.116. The van der Waals surface area contributed by atoms with Crippen LogP contribution < -0.4 is 4.74 Å². The van der Waals surface area contributed by atoms with Gasteiger partial charge in [0.25, 0.3) is 4.82 Å². The number of nitrogens with zero attached hydrogens (tertiary/aromatic N) is 1. The van der Waals surface area contributed by atoms with Crippen LogP contribution in [0.4, 0.5) is 4.79 Å². The van der Waals surface area contributed by atoms with Crippen LogP contribution in [0.25, 0.3) is 0 Å². The highest BCUT2D eigenvalue weighted by molar-refractivity contribution is 9.18. The summed E-state index contributed by atoms with van der Waals surface area (Å²) in [6, 6.07) is 3.80. The molecule has 0 aliphatic rings. The second-order valence-corrected chi connectivity index (χ2v) is 4.92. The molecule has 0 aliphatic carbocycles. The van der Waals surface area contributed by atoms with Crippen molar-refractivity contribution >= 4 is 32.3 Å². The summed E-state index contributed by atoms with van der Waals surface area (Å²) in [4.78, 5) is 12.5. The largest absolute Gasteiger partial charge is 0.495 e. The van der Waals surface area contributed by atoms with Crippen LogP contribution in [0, 0.1) is 6.92 Å². The van der Waals surface area contributed by atoms with Crippen molar-refractivity contribution in [1.29, 1.82) is 0 Å². The van der Waals surface area contributed by atoms with Crippen LogP contribution in [0.2, 0.25) is 5.02 Å². The molecule has 17 heavy (non-hydrogen) atoms. The number of rotatable bonds is 4. The van der Waals surface area contributed by atoms with E-state index in [4.69, 9.17) is 16.3 Å². The van der Waals surface area contributed by atoms with E-state index in [1.807, 2.05) is 19.1 Å². The summed E-state index contributed by atoms with van der Waals surface area (Å²) in [7, 11) is 3.34. The Balaban J connectivity index is 2.78. The van der Waals surface area contributed by atoms with E-state index in [-0.39, 0.29) is 4.82 Å². The molecule has 0 heterocycles.